The minimum Gasteiger partial charge on any atom is -0.378 e. The molecule has 3 heterocycles. The molecule has 10 heteroatoms. The van der Waals surface area contributed by atoms with E-state index >= 15 is 0 Å². The van der Waals surface area contributed by atoms with Crippen molar-refractivity contribution in [3.8, 4) is 11.1 Å². The summed E-state index contributed by atoms with van der Waals surface area (Å²) in [5, 5.41) is 7.88. The number of nitrogens with one attached hydrogen (secondary N) is 1. The van der Waals surface area contributed by atoms with E-state index in [1.54, 1.807) is 21.5 Å². The fraction of sp³-hybridized carbons (Fsp3) is 0.500. The molecule has 1 fully saturated rings. The van der Waals surface area contributed by atoms with Crippen LogP contribution in [0, 0.1) is 5.92 Å². The van der Waals surface area contributed by atoms with Crippen molar-refractivity contribution in [2.24, 2.45) is 13.0 Å². The second-order valence-corrected chi connectivity index (χ2v) is 12.4. The number of rotatable bonds is 8. The molecule has 36 heavy (non-hydrogen) atoms. The Kier molecular flexibility index (Phi) is 7.65. The van der Waals surface area contributed by atoms with Gasteiger partial charge in [-0.1, -0.05) is 19.9 Å². The quantitative estimate of drug-likeness (QED) is 0.494. The Morgan fingerprint density at radius 2 is 1.81 bits per heavy atom. The van der Waals surface area contributed by atoms with E-state index in [2.05, 4.69) is 29.2 Å². The van der Waals surface area contributed by atoms with Gasteiger partial charge >= 0.3 is 0 Å². The molecule has 0 bridgehead atoms. The van der Waals surface area contributed by atoms with Gasteiger partial charge in [-0.2, -0.15) is 5.10 Å². The van der Waals surface area contributed by atoms with Gasteiger partial charge < -0.3 is 9.88 Å². The van der Waals surface area contributed by atoms with Gasteiger partial charge in [0.2, 0.25) is 0 Å². The third-order valence-electron chi connectivity index (χ3n) is 6.75. The zero-order valence-corrected chi connectivity index (χ0v) is 22.5. The molecule has 4 rings (SSSR count). The Morgan fingerprint density at radius 3 is 2.36 bits per heavy atom. The van der Waals surface area contributed by atoms with E-state index in [9.17, 15) is 13.2 Å². The minimum absolute atomic E-state index is 0.000328. The summed E-state index contributed by atoms with van der Waals surface area (Å²) >= 11 is 0. The number of nitrogens with zero attached hydrogens (tertiary/aromatic N) is 5. The highest BCUT2D eigenvalue weighted by Gasteiger charge is 2.25. The van der Waals surface area contributed by atoms with Crippen molar-refractivity contribution in [1.29, 1.82) is 0 Å². The molecule has 1 aliphatic carbocycles. The molecule has 1 saturated carbocycles. The average molecular weight is 513 g/mol. The van der Waals surface area contributed by atoms with Crippen molar-refractivity contribution < 1.29 is 8.42 Å². The fourth-order valence-electron chi connectivity index (χ4n) is 4.76. The second-order valence-electron chi connectivity index (χ2n) is 10.3. The van der Waals surface area contributed by atoms with Gasteiger partial charge in [-0.15, -0.1) is 0 Å². The molecule has 0 saturated heterocycles. The van der Waals surface area contributed by atoms with E-state index in [-0.39, 0.29) is 16.6 Å². The molecule has 1 N–H and O–H groups in total. The van der Waals surface area contributed by atoms with Gasteiger partial charge in [-0.05, 0) is 55.2 Å². The maximum atomic E-state index is 13.2. The van der Waals surface area contributed by atoms with Crippen molar-refractivity contribution in [2.75, 3.05) is 19.4 Å². The molecule has 3 aromatic rings. The molecule has 0 aromatic carbocycles. The first-order valence-electron chi connectivity index (χ1n) is 12.4. The van der Waals surface area contributed by atoms with Crippen LogP contribution in [0.5, 0.6) is 0 Å². The first-order valence-corrected chi connectivity index (χ1v) is 13.9. The Labute approximate surface area is 213 Å². The lowest BCUT2D eigenvalue weighted by Gasteiger charge is -2.30. The monoisotopic (exact) mass is 512 g/mol. The first-order chi connectivity index (χ1) is 17.0. The van der Waals surface area contributed by atoms with Gasteiger partial charge in [-0.25, -0.2) is 17.7 Å². The van der Waals surface area contributed by atoms with Crippen molar-refractivity contribution in [1.82, 2.24) is 23.6 Å². The van der Waals surface area contributed by atoms with E-state index in [0.717, 1.165) is 42.4 Å². The third kappa shape index (κ3) is 5.70. The van der Waals surface area contributed by atoms with Crippen LogP contribution in [-0.4, -0.2) is 52.2 Å². The molecule has 3 aromatic heterocycles. The Morgan fingerprint density at radius 1 is 1.08 bits per heavy atom. The third-order valence-corrected chi connectivity index (χ3v) is 8.48. The summed E-state index contributed by atoms with van der Waals surface area (Å²) < 4.78 is 29.3. The van der Waals surface area contributed by atoms with E-state index in [4.69, 9.17) is 0 Å². The topological polar surface area (TPSA) is 102 Å². The van der Waals surface area contributed by atoms with Crippen LogP contribution in [-0.2, 0) is 23.6 Å². The number of hydrogen-bond acceptors (Lipinski definition) is 6. The molecule has 0 radical (unpaired) electrons. The summed E-state index contributed by atoms with van der Waals surface area (Å²) in [7, 11) is 1.36. The van der Waals surface area contributed by atoms with Crippen molar-refractivity contribution in [3.05, 3.63) is 58.9 Å². The smallest absolute Gasteiger partial charge is 0.273 e. The summed E-state index contributed by atoms with van der Waals surface area (Å²) in [6.07, 6.45) is 11.1. The molecule has 0 unspecified atom stereocenters. The van der Waals surface area contributed by atoms with Crippen LogP contribution < -0.4 is 10.9 Å². The van der Waals surface area contributed by atoms with Crippen molar-refractivity contribution in [2.45, 2.75) is 63.1 Å². The van der Waals surface area contributed by atoms with Crippen LogP contribution in [0.4, 0.5) is 5.69 Å². The van der Waals surface area contributed by atoms with E-state index in [0.29, 0.717) is 24.1 Å². The predicted molar refractivity (Wildman–Crippen MR) is 141 cm³/mol. The first kappa shape index (κ1) is 26.1. The van der Waals surface area contributed by atoms with Gasteiger partial charge in [-0.3, -0.25) is 9.48 Å². The van der Waals surface area contributed by atoms with E-state index < -0.39 is 10.0 Å². The van der Waals surface area contributed by atoms with Crippen LogP contribution in [0.15, 0.2) is 52.8 Å². The lowest BCUT2D eigenvalue weighted by atomic mass is 9.82. The highest BCUT2D eigenvalue weighted by atomic mass is 32.2. The highest BCUT2D eigenvalue weighted by molar-refractivity contribution is 7.89. The lowest BCUT2D eigenvalue weighted by Crippen LogP contribution is -2.31. The SMILES string of the molecule is CC(C)Cn1cc(-c2cnn(C)c2)cc(NC2CCC(c3ccc(S(=O)(=O)N(C)C)nc3)CC2)c1=O. The molecule has 0 amide bonds. The average Bonchev–Trinajstić information content (AvgIpc) is 3.28. The Bertz CT molecular complexity index is 1350. The highest BCUT2D eigenvalue weighted by Crippen LogP contribution is 2.34. The predicted octanol–water partition coefficient (Wildman–Crippen LogP) is 3.69. The van der Waals surface area contributed by atoms with E-state index in [1.807, 2.05) is 37.8 Å². The summed E-state index contributed by atoms with van der Waals surface area (Å²) in [5.41, 5.74) is 3.64. The summed E-state index contributed by atoms with van der Waals surface area (Å²) in [5.74, 6) is 0.675. The summed E-state index contributed by atoms with van der Waals surface area (Å²) in [4.78, 5) is 17.5. The Hall–Kier alpha value is -2.98. The second kappa shape index (κ2) is 10.6. The van der Waals surface area contributed by atoms with Crippen LogP contribution in [0.3, 0.4) is 0 Å². The van der Waals surface area contributed by atoms with Gasteiger partial charge in [0.25, 0.3) is 15.6 Å². The van der Waals surface area contributed by atoms with Crippen molar-refractivity contribution in [3.63, 3.8) is 0 Å². The van der Waals surface area contributed by atoms with Gasteiger partial charge in [0, 0.05) is 63.4 Å². The number of hydrogen-bond donors (Lipinski definition) is 1. The summed E-state index contributed by atoms with van der Waals surface area (Å²) in [6, 6.07) is 5.61. The molecule has 9 nitrogen and oxygen atoms in total. The van der Waals surface area contributed by atoms with Crippen LogP contribution in [0.2, 0.25) is 0 Å². The number of pyridine rings is 2. The van der Waals surface area contributed by atoms with Crippen LogP contribution in [0.1, 0.15) is 51.0 Å². The standard InChI is InChI=1S/C26H36N6O3S/c1-18(2)15-32-17-21(22-14-28-31(5)16-22)12-24(26(32)33)29-23-9-6-19(7-10-23)20-8-11-25(27-13-20)36(34,35)30(3)4/h8,11-14,16-19,23,29H,6-7,9-10,15H2,1-5H3. The minimum atomic E-state index is -3.53. The number of anilines is 1. The Balaban J connectivity index is 1.47. The summed E-state index contributed by atoms with van der Waals surface area (Å²) in [6.45, 7) is 4.87. The number of aromatic nitrogens is 4. The molecule has 0 spiro atoms. The zero-order chi connectivity index (χ0) is 26.0. The van der Waals surface area contributed by atoms with Gasteiger partial charge in [0.1, 0.15) is 5.69 Å². The van der Waals surface area contributed by atoms with Crippen molar-refractivity contribution >= 4 is 15.7 Å². The maximum absolute atomic E-state index is 13.2. The van der Waals surface area contributed by atoms with Crippen LogP contribution >= 0.6 is 0 Å². The lowest BCUT2D eigenvalue weighted by molar-refractivity contribution is 0.410. The molecular weight excluding hydrogens is 476 g/mol. The largest absolute Gasteiger partial charge is 0.378 e. The number of sulfonamides is 1. The van der Waals surface area contributed by atoms with E-state index in [1.165, 1.54) is 18.4 Å². The van der Waals surface area contributed by atoms with Crippen LogP contribution in [0.25, 0.3) is 11.1 Å². The molecule has 1 aliphatic rings. The molecular formula is C26H36N6O3S. The molecule has 0 aliphatic heterocycles. The number of aryl methyl sites for hydroxylation is 1. The zero-order valence-electron chi connectivity index (χ0n) is 21.7. The molecule has 194 valence electrons. The molecule has 0 atom stereocenters. The fourth-order valence-corrected chi connectivity index (χ4v) is 5.56. The van der Waals surface area contributed by atoms with Gasteiger partial charge in [0.15, 0.2) is 5.03 Å². The maximum Gasteiger partial charge on any atom is 0.273 e. The normalized spacial score (nSPS) is 18.6. The van der Waals surface area contributed by atoms with Gasteiger partial charge in [0.05, 0.1) is 6.20 Å².